The highest BCUT2D eigenvalue weighted by molar-refractivity contribution is 6.15. The number of amides is 2. The van der Waals surface area contributed by atoms with Gasteiger partial charge in [0.15, 0.2) is 0 Å². The Morgan fingerprint density at radius 1 is 0.587 bits per heavy atom. The molecule has 2 aromatic heterocycles. The number of nitrogens with zero attached hydrogens (tertiary/aromatic N) is 3. The number of halogens is 2. The van der Waals surface area contributed by atoms with Gasteiger partial charge in [-0.15, -0.1) is 0 Å². The van der Waals surface area contributed by atoms with E-state index in [9.17, 15) is 18.4 Å². The number of likely N-dealkylation sites (tertiary alicyclic amines) is 1. The SMILES string of the molecule is Nc1ncc(C(=O)Nc2ccc(OCN3CCC(Oc4ccc(NC(=O)c5cnc(N)c6cc(-c7cccc(F)c7)ccc56)cc4)CC3)cc2)c2ccc(-c3cccc(F)c3)cc12. The van der Waals surface area contributed by atoms with Crippen LogP contribution in [-0.4, -0.2) is 52.6 Å². The van der Waals surface area contributed by atoms with Crippen molar-refractivity contribution in [2.45, 2.75) is 18.9 Å². The number of rotatable bonds is 11. The summed E-state index contributed by atoms with van der Waals surface area (Å²) in [5.74, 6) is 0.567. The second-order valence-corrected chi connectivity index (χ2v) is 15.3. The molecule has 63 heavy (non-hydrogen) atoms. The smallest absolute Gasteiger partial charge is 0.257 e. The zero-order valence-electron chi connectivity index (χ0n) is 33.9. The van der Waals surface area contributed by atoms with Gasteiger partial charge in [-0.1, -0.05) is 48.5 Å². The fourth-order valence-electron chi connectivity index (χ4n) is 7.75. The van der Waals surface area contributed by atoms with Crippen molar-refractivity contribution in [1.82, 2.24) is 14.9 Å². The fourth-order valence-corrected chi connectivity index (χ4v) is 7.75. The number of hydrogen-bond acceptors (Lipinski definition) is 9. The number of nitrogen functional groups attached to an aromatic ring is 2. The van der Waals surface area contributed by atoms with Gasteiger partial charge in [-0.05, 0) is 131 Å². The minimum Gasteiger partial charge on any atom is -0.490 e. The van der Waals surface area contributed by atoms with Crippen LogP contribution in [0.5, 0.6) is 11.5 Å². The van der Waals surface area contributed by atoms with Gasteiger partial charge < -0.3 is 31.6 Å². The third-order valence-electron chi connectivity index (χ3n) is 11.1. The average Bonchev–Trinajstić information content (AvgIpc) is 3.30. The largest absolute Gasteiger partial charge is 0.490 e. The van der Waals surface area contributed by atoms with E-state index < -0.39 is 0 Å². The van der Waals surface area contributed by atoms with E-state index in [1.165, 1.54) is 36.7 Å². The fraction of sp³-hybridized carbons (Fsp3) is 0.120. The monoisotopic (exact) mass is 841 g/mol. The van der Waals surface area contributed by atoms with E-state index >= 15 is 0 Å². The lowest BCUT2D eigenvalue weighted by Crippen LogP contribution is -2.40. The quantitative estimate of drug-likeness (QED) is 0.0995. The summed E-state index contributed by atoms with van der Waals surface area (Å²) in [5.41, 5.74) is 17.2. The van der Waals surface area contributed by atoms with Gasteiger partial charge in [0.1, 0.15) is 47.6 Å². The first kappa shape index (κ1) is 40.5. The van der Waals surface area contributed by atoms with Crippen molar-refractivity contribution in [2.75, 3.05) is 41.9 Å². The molecule has 1 aliphatic rings. The zero-order chi connectivity index (χ0) is 43.5. The van der Waals surface area contributed by atoms with Crippen LogP contribution in [0.4, 0.5) is 31.8 Å². The van der Waals surface area contributed by atoms with Gasteiger partial charge in [0.05, 0.1) is 11.1 Å². The van der Waals surface area contributed by atoms with E-state index in [1.807, 2.05) is 60.7 Å². The molecule has 1 fully saturated rings. The summed E-state index contributed by atoms with van der Waals surface area (Å²) in [4.78, 5) is 37.5. The van der Waals surface area contributed by atoms with Crippen LogP contribution >= 0.6 is 0 Å². The second kappa shape index (κ2) is 17.6. The normalized spacial score (nSPS) is 13.2. The predicted octanol–water partition coefficient (Wildman–Crippen LogP) is 9.94. The summed E-state index contributed by atoms with van der Waals surface area (Å²) in [5, 5.41) is 8.35. The standard InChI is InChI=1S/C50H41F2N7O4/c51-34-5-1-3-30(23-34)32-7-17-41-43(25-32)47(53)55-27-45(41)49(60)57-36-9-13-38(14-10-36)62-29-59-21-19-40(20-22-59)63-39-15-11-37(12-16-39)58-50(61)46-28-56-48(54)44-26-33(8-18-42(44)46)31-4-2-6-35(52)24-31/h1-18,23-28,40H,19-22,29H2,(H2,53,55)(H2,54,56)(H,57,60)(H,58,61). The molecule has 314 valence electrons. The maximum Gasteiger partial charge on any atom is 0.257 e. The van der Waals surface area contributed by atoms with Crippen LogP contribution in [0, 0.1) is 11.6 Å². The number of ether oxygens (including phenoxy) is 2. The van der Waals surface area contributed by atoms with Crippen LogP contribution in [-0.2, 0) is 0 Å². The van der Waals surface area contributed by atoms with E-state index in [1.54, 1.807) is 48.5 Å². The molecule has 3 heterocycles. The third-order valence-corrected chi connectivity index (χ3v) is 11.1. The van der Waals surface area contributed by atoms with Crippen molar-refractivity contribution in [2.24, 2.45) is 0 Å². The molecule has 2 amide bonds. The molecule has 1 saturated heterocycles. The van der Waals surface area contributed by atoms with Crippen molar-refractivity contribution in [3.63, 3.8) is 0 Å². The minimum atomic E-state index is -0.340. The molecule has 13 heteroatoms. The highest BCUT2D eigenvalue weighted by atomic mass is 19.1. The highest BCUT2D eigenvalue weighted by Crippen LogP contribution is 2.32. The molecule has 8 aromatic rings. The van der Waals surface area contributed by atoms with Crippen molar-refractivity contribution in [1.29, 1.82) is 0 Å². The topological polar surface area (TPSA) is 158 Å². The average molecular weight is 842 g/mol. The minimum absolute atomic E-state index is 0.0259. The maximum atomic E-state index is 13.9. The van der Waals surface area contributed by atoms with E-state index in [-0.39, 0.29) is 41.2 Å². The molecular weight excluding hydrogens is 801 g/mol. The first-order chi connectivity index (χ1) is 30.6. The number of fused-ring (bicyclic) bond motifs is 2. The molecule has 0 unspecified atom stereocenters. The lowest BCUT2D eigenvalue weighted by molar-refractivity contribution is 0.0540. The third kappa shape index (κ3) is 9.09. The Morgan fingerprint density at radius 3 is 1.52 bits per heavy atom. The number of nitrogens with one attached hydrogen (secondary N) is 2. The number of nitrogens with two attached hydrogens (primary N) is 2. The van der Waals surface area contributed by atoms with Crippen molar-refractivity contribution >= 4 is 56.4 Å². The Balaban J connectivity index is 0.740. The summed E-state index contributed by atoms with van der Waals surface area (Å²) in [6, 6.07) is 37.9. The van der Waals surface area contributed by atoms with Crippen LogP contribution in [0.15, 0.2) is 146 Å². The number of benzene rings is 6. The number of pyridine rings is 2. The number of anilines is 4. The van der Waals surface area contributed by atoms with Gasteiger partial charge in [0, 0.05) is 47.6 Å². The first-order valence-electron chi connectivity index (χ1n) is 20.4. The molecule has 6 N–H and O–H groups in total. The summed E-state index contributed by atoms with van der Waals surface area (Å²) < 4.78 is 40.1. The van der Waals surface area contributed by atoms with E-state index in [2.05, 4.69) is 25.5 Å². The van der Waals surface area contributed by atoms with Gasteiger partial charge in [0.2, 0.25) is 0 Å². The van der Waals surface area contributed by atoms with Crippen LogP contribution in [0.3, 0.4) is 0 Å². The van der Waals surface area contributed by atoms with Gasteiger partial charge in [-0.3, -0.25) is 14.5 Å². The molecule has 6 aromatic carbocycles. The van der Waals surface area contributed by atoms with Gasteiger partial charge in [0.25, 0.3) is 11.8 Å². The summed E-state index contributed by atoms with van der Waals surface area (Å²) in [6.07, 6.45) is 4.56. The Bertz CT molecular complexity index is 2990. The summed E-state index contributed by atoms with van der Waals surface area (Å²) in [7, 11) is 0. The van der Waals surface area contributed by atoms with E-state index in [4.69, 9.17) is 20.9 Å². The predicted molar refractivity (Wildman–Crippen MR) is 243 cm³/mol. The van der Waals surface area contributed by atoms with Gasteiger partial charge in [-0.25, -0.2) is 18.7 Å². The van der Waals surface area contributed by atoms with Crippen LogP contribution in [0.2, 0.25) is 0 Å². The second-order valence-electron chi connectivity index (χ2n) is 15.3. The van der Waals surface area contributed by atoms with Crippen molar-refractivity contribution in [3.8, 4) is 33.8 Å². The molecular formula is C50H41F2N7O4. The Kier molecular flexibility index (Phi) is 11.3. The molecule has 11 nitrogen and oxygen atoms in total. The first-order valence-corrected chi connectivity index (χ1v) is 20.4. The van der Waals surface area contributed by atoms with E-state index in [0.29, 0.717) is 73.4 Å². The number of carbonyl (C=O) groups is 2. The lowest BCUT2D eigenvalue weighted by Gasteiger charge is -2.31. The Hall–Kier alpha value is -7.90. The molecule has 1 aliphatic heterocycles. The molecule has 9 rings (SSSR count). The number of hydrogen-bond donors (Lipinski definition) is 4. The Morgan fingerprint density at radius 2 is 1.05 bits per heavy atom. The van der Waals surface area contributed by atoms with Gasteiger partial charge >= 0.3 is 0 Å². The van der Waals surface area contributed by atoms with Crippen molar-refractivity contribution in [3.05, 3.63) is 169 Å². The highest BCUT2D eigenvalue weighted by Gasteiger charge is 2.22. The molecule has 0 aliphatic carbocycles. The Labute approximate surface area is 361 Å². The lowest BCUT2D eigenvalue weighted by atomic mass is 9.99. The molecule has 0 saturated carbocycles. The molecule has 0 spiro atoms. The maximum absolute atomic E-state index is 13.9. The zero-order valence-corrected chi connectivity index (χ0v) is 33.9. The number of aromatic nitrogens is 2. The van der Waals surface area contributed by atoms with Crippen molar-refractivity contribution < 1.29 is 27.8 Å². The van der Waals surface area contributed by atoms with Crippen LogP contribution < -0.4 is 31.6 Å². The van der Waals surface area contributed by atoms with Crippen LogP contribution in [0.25, 0.3) is 43.8 Å². The molecule has 0 bridgehead atoms. The number of piperidine rings is 1. The van der Waals surface area contributed by atoms with E-state index in [0.717, 1.165) is 37.1 Å². The van der Waals surface area contributed by atoms with Crippen LogP contribution in [0.1, 0.15) is 33.6 Å². The van der Waals surface area contributed by atoms with Gasteiger partial charge in [-0.2, -0.15) is 0 Å². The summed E-state index contributed by atoms with van der Waals surface area (Å²) >= 11 is 0. The molecule has 0 radical (unpaired) electrons. The number of carbonyl (C=O) groups excluding carboxylic acids is 2. The molecule has 0 atom stereocenters. The summed E-state index contributed by atoms with van der Waals surface area (Å²) in [6.45, 7) is 1.97.